The molecule has 1 unspecified atom stereocenters. The van der Waals surface area contributed by atoms with Crippen LogP contribution >= 0.6 is 0 Å². The van der Waals surface area contributed by atoms with Gasteiger partial charge in [-0.2, -0.15) is 5.10 Å². The predicted octanol–water partition coefficient (Wildman–Crippen LogP) is 2.65. The van der Waals surface area contributed by atoms with Gasteiger partial charge in [-0.1, -0.05) is 12.1 Å². The SMILES string of the molecule is CNC(C)c1ccc2c(c1)CCCN2Cc1cnn(C)c1. The van der Waals surface area contributed by atoms with Crippen LogP contribution in [0, 0.1) is 0 Å². The van der Waals surface area contributed by atoms with Crippen LogP contribution in [0.3, 0.4) is 0 Å². The molecule has 0 fully saturated rings. The van der Waals surface area contributed by atoms with Crippen LogP contribution in [0.15, 0.2) is 30.6 Å². The first kappa shape index (κ1) is 14.1. The fourth-order valence-corrected chi connectivity index (χ4v) is 3.07. The number of rotatable bonds is 4. The molecule has 1 N–H and O–H groups in total. The molecule has 1 aromatic heterocycles. The highest BCUT2D eigenvalue weighted by atomic mass is 15.2. The first-order valence-electron chi connectivity index (χ1n) is 7.70. The molecule has 0 radical (unpaired) electrons. The number of fused-ring (bicyclic) bond motifs is 1. The number of hydrogen-bond acceptors (Lipinski definition) is 3. The lowest BCUT2D eigenvalue weighted by molar-refractivity contribution is 0.645. The minimum absolute atomic E-state index is 0.406. The van der Waals surface area contributed by atoms with Crippen LogP contribution in [0.1, 0.15) is 36.1 Å². The fourth-order valence-electron chi connectivity index (χ4n) is 3.07. The van der Waals surface area contributed by atoms with Crippen molar-refractivity contribution in [1.29, 1.82) is 0 Å². The molecule has 2 aromatic rings. The van der Waals surface area contributed by atoms with Crippen LogP contribution in [-0.4, -0.2) is 23.4 Å². The summed E-state index contributed by atoms with van der Waals surface area (Å²) < 4.78 is 1.87. The predicted molar refractivity (Wildman–Crippen MR) is 86.5 cm³/mol. The first-order valence-corrected chi connectivity index (χ1v) is 7.70. The summed E-state index contributed by atoms with van der Waals surface area (Å²) in [5, 5.41) is 7.59. The lowest BCUT2D eigenvalue weighted by Gasteiger charge is -2.31. The highest BCUT2D eigenvalue weighted by Gasteiger charge is 2.18. The number of aromatic nitrogens is 2. The zero-order valence-corrected chi connectivity index (χ0v) is 13.1. The Kier molecular flexibility index (Phi) is 3.97. The fraction of sp³-hybridized carbons (Fsp3) is 0.471. The Morgan fingerprint density at radius 1 is 1.38 bits per heavy atom. The summed E-state index contributed by atoms with van der Waals surface area (Å²) in [6.45, 7) is 4.28. The maximum absolute atomic E-state index is 4.27. The average molecular weight is 284 g/mol. The summed E-state index contributed by atoms with van der Waals surface area (Å²) in [6.07, 6.45) is 6.48. The molecule has 1 aromatic carbocycles. The van der Waals surface area contributed by atoms with Gasteiger partial charge >= 0.3 is 0 Å². The zero-order valence-electron chi connectivity index (χ0n) is 13.1. The summed E-state index contributed by atoms with van der Waals surface area (Å²) in [4.78, 5) is 2.48. The standard InChI is InChI=1S/C17H24N4/c1-13(18-2)15-6-7-17-16(9-15)5-4-8-21(17)12-14-10-19-20(3)11-14/h6-7,9-11,13,18H,4-5,8,12H2,1-3H3. The molecule has 0 bridgehead atoms. The maximum atomic E-state index is 4.27. The van der Waals surface area contributed by atoms with E-state index in [1.54, 1.807) is 0 Å². The molecule has 0 spiro atoms. The van der Waals surface area contributed by atoms with E-state index >= 15 is 0 Å². The van der Waals surface area contributed by atoms with E-state index in [0.29, 0.717) is 6.04 Å². The minimum Gasteiger partial charge on any atom is -0.367 e. The summed E-state index contributed by atoms with van der Waals surface area (Å²) in [7, 11) is 3.98. The van der Waals surface area contributed by atoms with Crippen molar-refractivity contribution in [3.8, 4) is 0 Å². The number of nitrogens with zero attached hydrogens (tertiary/aromatic N) is 3. The third-order valence-corrected chi connectivity index (χ3v) is 4.38. The Morgan fingerprint density at radius 2 is 2.24 bits per heavy atom. The molecule has 112 valence electrons. The van der Waals surface area contributed by atoms with E-state index in [9.17, 15) is 0 Å². The molecule has 4 heteroatoms. The van der Waals surface area contributed by atoms with Gasteiger partial charge in [0.05, 0.1) is 6.20 Å². The third kappa shape index (κ3) is 2.95. The van der Waals surface area contributed by atoms with E-state index < -0.39 is 0 Å². The van der Waals surface area contributed by atoms with Crippen molar-refractivity contribution in [3.05, 3.63) is 47.3 Å². The van der Waals surface area contributed by atoms with Crippen LogP contribution < -0.4 is 10.2 Å². The monoisotopic (exact) mass is 284 g/mol. The van der Waals surface area contributed by atoms with Gasteiger partial charge in [-0.25, -0.2) is 0 Å². The lowest BCUT2D eigenvalue weighted by Crippen LogP contribution is -2.29. The van der Waals surface area contributed by atoms with E-state index in [2.05, 4.69) is 46.6 Å². The third-order valence-electron chi connectivity index (χ3n) is 4.38. The van der Waals surface area contributed by atoms with Gasteiger partial charge in [0.25, 0.3) is 0 Å². The Balaban J connectivity index is 1.84. The van der Waals surface area contributed by atoms with Gasteiger partial charge in [-0.15, -0.1) is 0 Å². The molecule has 2 heterocycles. The van der Waals surface area contributed by atoms with Gasteiger partial charge in [-0.05, 0) is 44.0 Å². The van der Waals surface area contributed by atoms with Crippen molar-refractivity contribution in [3.63, 3.8) is 0 Å². The molecule has 4 nitrogen and oxygen atoms in total. The first-order chi connectivity index (χ1) is 10.2. The average Bonchev–Trinajstić information content (AvgIpc) is 2.91. The number of aryl methyl sites for hydroxylation is 2. The molecule has 1 aliphatic heterocycles. The quantitative estimate of drug-likeness (QED) is 0.937. The molecule has 1 aliphatic rings. The molecule has 0 saturated heterocycles. The Bertz CT molecular complexity index is 617. The van der Waals surface area contributed by atoms with Gasteiger partial charge in [-0.3, -0.25) is 4.68 Å². The van der Waals surface area contributed by atoms with Crippen molar-refractivity contribution < 1.29 is 0 Å². The number of hydrogen-bond donors (Lipinski definition) is 1. The second kappa shape index (κ2) is 5.90. The molecular weight excluding hydrogens is 260 g/mol. The highest BCUT2D eigenvalue weighted by Crippen LogP contribution is 2.30. The molecule has 0 aliphatic carbocycles. The van der Waals surface area contributed by atoms with Crippen molar-refractivity contribution in [2.45, 2.75) is 32.4 Å². The van der Waals surface area contributed by atoms with E-state index in [0.717, 1.165) is 13.1 Å². The van der Waals surface area contributed by atoms with E-state index in [-0.39, 0.29) is 0 Å². The zero-order chi connectivity index (χ0) is 14.8. The van der Waals surface area contributed by atoms with E-state index in [1.807, 2.05) is 25.0 Å². The number of benzene rings is 1. The Hall–Kier alpha value is -1.81. The van der Waals surface area contributed by atoms with Gasteiger partial charge < -0.3 is 10.2 Å². The molecule has 3 rings (SSSR count). The van der Waals surface area contributed by atoms with Gasteiger partial charge in [0.15, 0.2) is 0 Å². The summed E-state index contributed by atoms with van der Waals surface area (Å²) in [5.41, 5.74) is 5.51. The van der Waals surface area contributed by atoms with Crippen molar-refractivity contribution in [1.82, 2.24) is 15.1 Å². The van der Waals surface area contributed by atoms with Crippen LogP contribution in [0.25, 0.3) is 0 Å². The topological polar surface area (TPSA) is 33.1 Å². The Morgan fingerprint density at radius 3 is 2.95 bits per heavy atom. The number of anilines is 1. The molecular formula is C17H24N4. The van der Waals surface area contributed by atoms with Crippen LogP contribution in [0.2, 0.25) is 0 Å². The van der Waals surface area contributed by atoms with Gasteiger partial charge in [0.1, 0.15) is 0 Å². The second-order valence-corrected chi connectivity index (χ2v) is 5.95. The smallest absolute Gasteiger partial charge is 0.0539 e. The summed E-state index contributed by atoms with van der Waals surface area (Å²) in [5.74, 6) is 0. The second-order valence-electron chi connectivity index (χ2n) is 5.95. The number of nitrogens with one attached hydrogen (secondary N) is 1. The van der Waals surface area contributed by atoms with Crippen LogP contribution in [0.5, 0.6) is 0 Å². The highest BCUT2D eigenvalue weighted by molar-refractivity contribution is 5.57. The largest absolute Gasteiger partial charge is 0.367 e. The maximum Gasteiger partial charge on any atom is 0.0539 e. The van der Waals surface area contributed by atoms with E-state index in [4.69, 9.17) is 0 Å². The van der Waals surface area contributed by atoms with Crippen molar-refractivity contribution in [2.75, 3.05) is 18.5 Å². The molecule has 0 amide bonds. The van der Waals surface area contributed by atoms with Crippen molar-refractivity contribution in [2.24, 2.45) is 7.05 Å². The molecule has 21 heavy (non-hydrogen) atoms. The van der Waals surface area contributed by atoms with Crippen molar-refractivity contribution >= 4 is 5.69 Å². The molecule has 1 atom stereocenters. The summed E-state index contributed by atoms with van der Waals surface area (Å²) in [6, 6.07) is 7.31. The normalized spacial score (nSPS) is 15.9. The van der Waals surface area contributed by atoms with Gasteiger partial charge in [0.2, 0.25) is 0 Å². The van der Waals surface area contributed by atoms with E-state index in [1.165, 1.54) is 35.2 Å². The minimum atomic E-state index is 0.406. The Labute approximate surface area is 126 Å². The lowest BCUT2D eigenvalue weighted by atomic mass is 9.96. The van der Waals surface area contributed by atoms with Crippen LogP contribution in [0.4, 0.5) is 5.69 Å². The summed E-state index contributed by atoms with van der Waals surface area (Å²) >= 11 is 0. The van der Waals surface area contributed by atoms with Crippen LogP contribution in [-0.2, 0) is 20.0 Å². The van der Waals surface area contributed by atoms with Gasteiger partial charge in [0, 0.05) is 43.6 Å². The molecule has 0 saturated carbocycles.